The van der Waals surface area contributed by atoms with Gasteiger partial charge in [-0.3, -0.25) is 0 Å². The molecule has 2 amide bonds. The van der Waals surface area contributed by atoms with E-state index in [9.17, 15) is 4.79 Å². The first-order valence-electron chi connectivity index (χ1n) is 8.76. The molecule has 1 saturated heterocycles. The largest absolute Gasteiger partial charge is 0.353 e. The van der Waals surface area contributed by atoms with Crippen LogP contribution in [0.4, 0.5) is 16.3 Å². The molecule has 5 heteroatoms. The minimum Gasteiger partial charge on any atom is -0.353 e. The van der Waals surface area contributed by atoms with Gasteiger partial charge in [-0.25, -0.2) is 9.78 Å². The fourth-order valence-electron chi connectivity index (χ4n) is 3.12. The Morgan fingerprint density at radius 1 is 1.00 bits per heavy atom. The fraction of sp³-hybridized carbons (Fsp3) is 0.400. The first kappa shape index (κ1) is 17.3. The normalized spacial score (nSPS) is 15.2. The van der Waals surface area contributed by atoms with Crippen LogP contribution in [0.15, 0.2) is 48.7 Å². The summed E-state index contributed by atoms with van der Waals surface area (Å²) in [6.45, 7) is 9.45. The average Bonchev–Trinajstić information content (AvgIpc) is 2.62. The van der Waals surface area contributed by atoms with Crippen LogP contribution in [0.3, 0.4) is 0 Å². The van der Waals surface area contributed by atoms with Gasteiger partial charge in [-0.15, -0.1) is 0 Å². The second-order valence-electron chi connectivity index (χ2n) is 7.39. The van der Waals surface area contributed by atoms with Gasteiger partial charge in [0.05, 0.1) is 0 Å². The maximum atomic E-state index is 12.7. The molecule has 1 aliphatic rings. The van der Waals surface area contributed by atoms with E-state index >= 15 is 0 Å². The number of hydrogen-bond acceptors (Lipinski definition) is 3. The zero-order valence-electron chi connectivity index (χ0n) is 15.2. The summed E-state index contributed by atoms with van der Waals surface area (Å²) >= 11 is 0. The number of rotatable bonds is 2. The minimum atomic E-state index is -0.0302. The number of aromatic nitrogens is 1. The van der Waals surface area contributed by atoms with Gasteiger partial charge in [0.1, 0.15) is 5.82 Å². The summed E-state index contributed by atoms with van der Waals surface area (Å²) in [4.78, 5) is 21.1. The second kappa shape index (κ2) is 7.13. The number of hydrogen-bond donors (Lipinski definition) is 1. The molecule has 0 bridgehead atoms. The number of piperazine rings is 1. The van der Waals surface area contributed by atoms with Gasteiger partial charge in [-0.2, -0.15) is 0 Å². The van der Waals surface area contributed by atoms with Crippen molar-refractivity contribution in [3.63, 3.8) is 0 Å². The smallest absolute Gasteiger partial charge is 0.321 e. The number of nitrogens with one attached hydrogen (secondary N) is 1. The number of carbonyl (C=O) groups excluding carboxylic acids is 1. The highest BCUT2D eigenvalue weighted by atomic mass is 16.2. The Morgan fingerprint density at radius 2 is 1.68 bits per heavy atom. The molecular weight excluding hydrogens is 312 g/mol. The lowest BCUT2D eigenvalue weighted by Crippen LogP contribution is -2.50. The zero-order chi connectivity index (χ0) is 17.9. The molecular formula is C20H26N4O. The molecule has 132 valence electrons. The summed E-state index contributed by atoms with van der Waals surface area (Å²) in [6, 6.07) is 13.9. The lowest BCUT2D eigenvalue weighted by Gasteiger charge is -2.35. The topological polar surface area (TPSA) is 48.5 Å². The van der Waals surface area contributed by atoms with Crippen LogP contribution >= 0.6 is 0 Å². The molecule has 25 heavy (non-hydrogen) atoms. The Balaban J connectivity index is 1.63. The molecule has 2 heterocycles. The number of carbonyl (C=O) groups is 1. The predicted molar refractivity (Wildman–Crippen MR) is 102 cm³/mol. The van der Waals surface area contributed by atoms with Gasteiger partial charge in [0.25, 0.3) is 0 Å². The van der Waals surface area contributed by atoms with Crippen molar-refractivity contribution in [2.75, 3.05) is 36.4 Å². The van der Waals surface area contributed by atoms with Crippen LogP contribution in [0.25, 0.3) is 0 Å². The third-order valence-corrected chi connectivity index (χ3v) is 4.52. The number of para-hydroxylation sites is 1. The SMILES string of the molecule is CC(C)(C)c1ccccc1NC(=O)N1CCN(c2ccccn2)CC1. The molecule has 3 rings (SSSR count). The monoisotopic (exact) mass is 338 g/mol. The van der Waals surface area contributed by atoms with Crippen molar-refractivity contribution < 1.29 is 4.79 Å². The summed E-state index contributed by atoms with van der Waals surface area (Å²) < 4.78 is 0. The van der Waals surface area contributed by atoms with E-state index in [0.29, 0.717) is 13.1 Å². The summed E-state index contributed by atoms with van der Waals surface area (Å²) in [5.74, 6) is 0.973. The van der Waals surface area contributed by atoms with Crippen LogP contribution in [-0.2, 0) is 5.41 Å². The first-order chi connectivity index (χ1) is 11.9. The lowest BCUT2D eigenvalue weighted by molar-refractivity contribution is 0.208. The molecule has 0 spiro atoms. The third kappa shape index (κ3) is 4.10. The number of urea groups is 1. The van der Waals surface area contributed by atoms with Gasteiger partial charge in [0.15, 0.2) is 0 Å². The molecule has 1 aliphatic heterocycles. The summed E-state index contributed by atoms with van der Waals surface area (Å²) in [7, 11) is 0. The number of anilines is 2. The highest BCUT2D eigenvalue weighted by molar-refractivity contribution is 5.90. The molecule has 2 aromatic rings. The van der Waals surface area contributed by atoms with Crippen molar-refractivity contribution in [2.24, 2.45) is 0 Å². The molecule has 0 aliphatic carbocycles. The third-order valence-electron chi connectivity index (χ3n) is 4.52. The van der Waals surface area contributed by atoms with E-state index < -0.39 is 0 Å². The van der Waals surface area contributed by atoms with Crippen molar-refractivity contribution in [2.45, 2.75) is 26.2 Å². The predicted octanol–water partition coefficient (Wildman–Crippen LogP) is 3.73. The van der Waals surface area contributed by atoms with Crippen molar-refractivity contribution in [3.05, 3.63) is 54.2 Å². The van der Waals surface area contributed by atoms with Gasteiger partial charge < -0.3 is 15.1 Å². The first-order valence-corrected chi connectivity index (χ1v) is 8.76. The molecule has 1 aromatic heterocycles. The van der Waals surface area contributed by atoms with Crippen molar-refractivity contribution in [3.8, 4) is 0 Å². The van der Waals surface area contributed by atoms with E-state index in [2.05, 4.69) is 42.0 Å². The summed E-state index contributed by atoms with van der Waals surface area (Å²) in [6.07, 6.45) is 1.80. The Kier molecular flexibility index (Phi) is 4.93. The standard InChI is InChI=1S/C20H26N4O/c1-20(2,3)16-8-4-5-9-17(16)22-19(25)24-14-12-23(13-15-24)18-10-6-7-11-21-18/h4-11H,12-15H2,1-3H3,(H,22,25). The number of amides is 2. The van der Waals surface area contributed by atoms with Crippen LogP contribution in [0.2, 0.25) is 0 Å². The number of pyridine rings is 1. The van der Waals surface area contributed by atoms with Crippen LogP contribution in [0, 0.1) is 0 Å². The van der Waals surface area contributed by atoms with E-state index in [-0.39, 0.29) is 11.4 Å². The minimum absolute atomic E-state index is 0.0124. The van der Waals surface area contributed by atoms with Gasteiger partial charge in [-0.1, -0.05) is 45.0 Å². The Hall–Kier alpha value is -2.56. The molecule has 1 N–H and O–H groups in total. The van der Waals surface area contributed by atoms with E-state index in [0.717, 1.165) is 30.2 Å². The number of benzene rings is 1. The van der Waals surface area contributed by atoms with Gasteiger partial charge in [-0.05, 0) is 29.2 Å². The molecule has 0 radical (unpaired) electrons. The van der Waals surface area contributed by atoms with Crippen LogP contribution < -0.4 is 10.2 Å². The highest BCUT2D eigenvalue weighted by Gasteiger charge is 2.24. The molecule has 5 nitrogen and oxygen atoms in total. The van der Waals surface area contributed by atoms with Gasteiger partial charge in [0.2, 0.25) is 0 Å². The zero-order valence-corrected chi connectivity index (χ0v) is 15.2. The van der Waals surface area contributed by atoms with E-state index in [4.69, 9.17) is 0 Å². The maximum absolute atomic E-state index is 12.7. The maximum Gasteiger partial charge on any atom is 0.321 e. The van der Waals surface area contributed by atoms with Crippen LogP contribution in [-0.4, -0.2) is 42.1 Å². The van der Waals surface area contributed by atoms with Gasteiger partial charge in [0, 0.05) is 38.1 Å². The van der Waals surface area contributed by atoms with E-state index in [1.54, 1.807) is 6.20 Å². The van der Waals surface area contributed by atoms with E-state index in [1.165, 1.54) is 0 Å². The highest BCUT2D eigenvalue weighted by Crippen LogP contribution is 2.29. The van der Waals surface area contributed by atoms with Crippen molar-refractivity contribution >= 4 is 17.5 Å². The molecule has 0 saturated carbocycles. The molecule has 0 unspecified atom stereocenters. The summed E-state index contributed by atoms with van der Waals surface area (Å²) in [5, 5.41) is 3.09. The summed E-state index contributed by atoms with van der Waals surface area (Å²) in [5.41, 5.74) is 2.03. The molecule has 0 atom stereocenters. The van der Waals surface area contributed by atoms with Crippen molar-refractivity contribution in [1.29, 1.82) is 0 Å². The Morgan fingerprint density at radius 3 is 2.32 bits per heavy atom. The average molecular weight is 338 g/mol. The van der Waals surface area contributed by atoms with Crippen LogP contribution in [0.1, 0.15) is 26.3 Å². The fourth-order valence-corrected chi connectivity index (χ4v) is 3.12. The van der Waals surface area contributed by atoms with Crippen molar-refractivity contribution in [1.82, 2.24) is 9.88 Å². The van der Waals surface area contributed by atoms with Gasteiger partial charge >= 0.3 is 6.03 Å². The molecule has 1 aromatic carbocycles. The Bertz CT molecular complexity index is 716. The van der Waals surface area contributed by atoms with E-state index in [1.807, 2.05) is 41.3 Å². The lowest BCUT2D eigenvalue weighted by atomic mass is 9.86. The second-order valence-corrected chi connectivity index (χ2v) is 7.39. The number of nitrogens with zero attached hydrogens (tertiary/aromatic N) is 3. The molecule has 1 fully saturated rings. The Labute approximate surface area is 149 Å². The quantitative estimate of drug-likeness (QED) is 0.907. The van der Waals surface area contributed by atoms with Crippen LogP contribution in [0.5, 0.6) is 0 Å².